The summed E-state index contributed by atoms with van der Waals surface area (Å²) in [7, 11) is 0. The lowest BCUT2D eigenvalue weighted by Gasteiger charge is -2.14. The van der Waals surface area contributed by atoms with E-state index in [1.165, 1.54) is 16.7 Å². The molecule has 0 fully saturated rings. The zero-order valence-corrected chi connectivity index (χ0v) is 8.16. The van der Waals surface area contributed by atoms with E-state index in [0.717, 1.165) is 32.7 Å². The van der Waals surface area contributed by atoms with E-state index >= 15 is 0 Å². The summed E-state index contributed by atoms with van der Waals surface area (Å²) in [5, 5.41) is 0. The van der Waals surface area contributed by atoms with E-state index in [0.29, 0.717) is 6.10 Å². The van der Waals surface area contributed by atoms with Crippen LogP contribution < -0.4 is 0 Å². The van der Waals surface area contributed by atoms with Crippen molar-refractivity contribution < 1.29 is 9.47 Å². The van der Waals surface area contributed by atoms with Gasteiger partial charge < -0.3 is 9.47 Å². The SMILES string of the molecule is C1=CC2=C(C3=CCOC3)COC2CC1. The standard InChI is InChI=1S/C12H14O2/c1-2-4-12-10(3-1)11(8-14-12)9-5-6-13-7-9/h1,3,5,12H,2,4,6-8H2. The molecule has 1 atom stereocenters. The van der Waals surface area contributed by atoms with Crippen molar-refractivity contribution in [3.05, 3.63) is 34.9 Å². The molecule has 74 valence electrons. The van der Waals surface area contributed by atoms with Crippen molar-refractivity contribution in [2.24, 2.45) is 0 Å². The molecule has 0 N–H and O–H groups in total. The van der Waals surface area contributed by atoms with Gasteiger partial charge in [-0.05, 0) is 29.6 Å². The third kappa shape index (κ3) is 1.26. The van der Waals surface area contributed by atoms with Crippen LogP contribution in [-0.4, -0.2) is 25.9 Å². The first-order valence-corrected chi connectivity index (χ1v) is 5.23. The molecule has 2 nitrogen and oxygen atoms in total. The van der Waals surface area contributed by atoms with E-state index in [2.05, 4.69) is 18.2 Å². The summed E-state index contributed by atoms with van der Waals surface area (Å²) in [6.45, 7) is 2.31. The van der Waals surface area contributed by atoms with Crippen molar-refractivity contribution in [2.45, 2.75) is 18.9 Å². The Kier molecular flexibility index (Phi) is 2.03. The molecule has 1 aliphatic carbocycles. The summed E-state index contributed by atoms with van der Waals surface area (Å²) in [6, 6.07) is 0. The summed E-state index contributed by atoms with van der Waals surface area (Å²) < 4.78 is 11.1. The minimum atomic E-state index is 0.358. The second-order valence-corrected chi connectivity index (χ2v) is 3.96. The molecule has 0 saturated heterocycles. The Morgan fingerprint density at radius 1 is 1.29 bits per heavy atom. The topological polar surface area (TPSA) is 18.5 Å². The van der Waals surface area contributed by atoms with Gasteiger partial charge in [0, 0.05) is 0 Å². The fraction of sp³-hybridized carbons (Fsp3) is 0.500. The van der Waals surface area contributed by atoms with Crippen LogP contribution in [0.3, 0.4) is 0 Å². The van der Waals surface area contributed by atoms with Crippen molar-refractivity contribution in [3.63, 3.8) is 0 Å². The zero-order chi connectivity index (χ0) is 9.38. The molecule has 0 amide bonds. The van der Waals surface area contributed by atoms with Crippen molar-refractivity contribution in [3.8, 4) is 0 Å². The van der Waals surface area contributed by atoms with Crippen LogP contribution in [0, 0.1) is 0 Å². The van der Waals surface area contributed by atoms with Gasteiger partial charge in [0.1, 0.15) is 0 Å². The second kappa shape index (κ2) is 3.37. The van der Waals surface area contributed by atoms with Gasteiger partial charge >= 0.3 is 0 Å². The number of hydrogen-bond acceptors (Lipinski definition) is 2. The molecule has 0 bridgehead atoms. The van der Waals surface area contributed by atoms with Gasteiger partial charge in [0.25, 0.3) is 0 Å². The smallest absolute Gasteiger partial charge is 0.0836 e. The molecule has 2 aliphatic heterocycles. The van der Waals surface area contributed by atoms with Gasteiger partial charge in [-0.25, -0.2) is 0 Å². The van der Waals surface area contributed by atoms with Gasteiger partial charge in [0.15, 0.2) is 0 Å². The Balaban J connectivity index is 1.97. The van der Waals surface area contributed by atoms with Crippen LogP contribution in [0.5, 0.6) is 0 Å². The monoisotopic (exact) mass is 190 g/mol. The Bertz CT molecular complexity index is 336. The molecule has 14 heavy (non-hydrogen) atoms. The highest BCUT2D eigenvalue weighted by Crippen LogP contribution is 2.33. The molecule has 3 rings (SSSR count). The zero-order valence-electron chi connectivity index (χ0n) is 8.16. The Hall–Kier alpha value is -0.860. The molecule has 0 aromatic rings. The fourth-order valence-corrected chi connectivity index (χ4v) is 2.33. The normalized spacial score (nSPS) is 30.9. The summed E-state index contributed by atoms with van der Waals surface area (Å²) in [4.78, 5) is 0. The molecule has 1 unspecified atom stereocenters. The molecular formula is C12H14O2. The first-order valence-electron chi connectivity index (χ1n) is 5.23. The molecule has 0 aromatic heterocycles. The predicted molar refractivity (Wildman–Crippen MR) is 54.0 cm³/mol. The summed E-state index contributed by atoms with van der Waals surface area (Å²) in [5.41, 5.74) is 4.12. The molecule has 0 radical (unpaired) electrons. The van der Waals surface area contributed by atoms with E-state index in [1.807, 2.05) is 0 Å². The van der Waals surface area contributed by atoms with Gasteiger partial charge in [-0.15, -0.1) is 0 Å². The molecule has 0 saturated carbocycles. The largest absolute Gasteiger partial charge is 0.373 e. The third-order valence-electron chi connectivity index (χ3n) is 3.11. The molecule has 2 heterocycles. The van der Waals surface area contributed by atoms with Crippen molar-refractivity contribution in [1.82, 2.24) is 0 Å². The highest BCUT2D eigenvalue weighted by molar-refractivity contribution is 5.47. The maximum Gasteiger partial charge on any atom is 0.0836 e. The van der Waals surface area contributed by atoms with Crippen molar-refractivity contribution in [2.75, 3.05) is 19.8 Å². The van der Waals surface area contributed by atoms with Gasteiger partial charge in [0.05, 0.1) is 25.9 Å². The fourth-order valence-electron chi connectivity index (χ4n) is 2.33. The van der Waals surface area contributed by atoms with E-state index < -0.39 is 0 Å². The molecule has 2 heteroatoms. The van der Waals surface area contributed by atoms with E-state index in [4.69, 9.17) is 9.47 Å². The van der Waals surface area contributed by atoms with Gasteiger partial charge in [-0.1, -0.05) is 18.2 Å². The predicted octanol–water partition coefficient (Wildman–Crippen LogP) is 1.99. The van der Waals surface area contributed by atoms with Gasteiger partial charge in [0.2, 0.25) is 0 Å². The Labute approximate surface area is 83.9 Å². The third-order valence-corrected chi connectivity index (χ3v) is 3.11. The van der Waals surface area contributed by atoms with Crippen LogP contribution in [0.1, 0.15) is 12.8 Å². The number of ether oxygens (including phenoxy) is 2. The molecule has 0 spiro atoms. The second-order valence-electron chi connectivity index (χ2n) is 3.96. The van der Waals surface area contributed by atoms with E-state index in [1.54, 1.807) is 0 Å². The van der Waals surface area contributed by atoms with Crippen LogP contribution >= 0.6 is 0 Å². The van der Waals surface area contributed by atoms with Crippen molar-refractivity contribution >= 4 is 0 Å². The minimum absolute atomic E-state index is 0.358. The van der Waals surface area contributed by atoms with Crippen LogP contribution in [0.15, 0.2) is 34.9 Å². The lowest BCUT2D eigenvalue weighted by molar-refractivity contribution is 0.114. The van der Waals surface area contributed by atoms with Crippen molar-refractivity contribution in [1.29, 1.82) is 0 Å². The average Bonchev–Trinajstić information content (AvgIpc) is 2.85. The lowest BCUT2D eigenvalue weighted by atomic mass is 9.93. The average molecular weight is 190 g/mol. The molecule has 0 aromatic carbocycles. The summed E-state index contributed by atoms with van der Waals surface area (Å²) >= 11 is 0. The van der Waals surface area contributed by atoms with Crippen LogP contribution in [-0.2, 0) is 9.47 Å². The number of hydrogen-bond donors (Lipinski definition) is 0. The summed E-state index contributed by atoms with van der Waals surface area (Å²) in [5.74, 6) is 0. The number of rotatable bonds is 1. The summed E-state index contributed by atoms with van der Waals surface area (Å²) in [6.07, 6.45) is 9.31. The maximum absolute atomic E-state index is 5.76. The quantitative estimate of drug-likeness (QED) is 0.629. The van der Waals surface area contributed by atoms with Crippen LogP contribution in [0.25, 0.3) is 0 Å². The number of allylic oxidation sites excluding steroid dienone is 1. The first kappa shape index (κ1) is 8.45. The Morgan fingerprint density at radius 2 is 2.29 bits per heavy atom. The maximum atomic E-state index is 5.76. The van der Waals surface area contributed by atoms with E-state index in [-0.39, 0.29) is 0 Å². The molecule has 3 aliphatic rings. The van der Waals surface area contributed by atoms with Crippen LogP contribution in [0.2, 0.25) is 0 Å². The highest BCUT2D eigenvalue weighted by Gasteiger charge is 2.28. The number of fused-ring (bicyclic) bond motifs is 1. The Morgan fingerprint density at radius 3 is 3.14 bits per heavy atom. The first-order chi connectivity index (χ1) is 6.95. The molecular weight excluding hydrogens is 176 g/mol. The lowest BCUT2D eigenvalue weighted by Crippen LogP contribution is -2.10. The minimum Gasteiger partial charge on any atom is -0.373 e. The van der Waals surface area contributed by atoms with Crippen LogP contribution in [0.4, 0.5) is 0 Å². The van der Waals surface area contributed by atoms with Gasteiger partial charge in [-0.2, -0.15) is 0 Å². The van der Waals surface area contributed by atoms with E-state index in [9.17, 15) is 0 Å². The highest BCUT2D eigenvalue weighted by atomic mass is 16.5. The van der Waals surface area contributed by atoms with Gasteiger partial charge in [-0.3, -0.25) is 0 Å².